The Hall–Kier alpha value is -1.94. The van der Waals surface area contributed by atoms with Crippen molar-refractivity contribution in [1.82, 2.24) is 5.43 Å². The zero-order valence-electron chi connectivity index (χ0n) is 10.4. The number of nitrogens with zero attached hydrogens (tertiary/aromatic N) is 1. The third kappa shape index (κ3) is 2.74. The molecule has 1 aliphatic rings. The van der Waals surface area contributed by atoms with Gasteiger partial charge in [-0.05, 0) is 29.9 Å². The number of benzene rings is 1. The summed E-state index contributed by atoms with van der Waals surface area (Å²) >= 11 is 1.59. The Balaban J connectivity index is 1.66. The Kier molecular flexibility index (Phi) is 3.42. The first-order valence-electron chi connectivity index (χ1n) is 6.29. The lowest BCUT2D eigenvalue weighted by molar-refractivity contribution is -0.120. The number of carbonyl (C=O) groups is 1. The van der Waals surface area contributed by atoms with Crippen molar-refractivity contribution in [3.63, 3.8) is 0 Å². The standard InChI is InChI=1S/C15H14N2OS/c18-15(10-12-5-3-9-19-12)17-16-14-8-7-11-4-1-2-6-13(11)14/h1-6,9H,7-8,10H2,(H,17,18). The summed E-state index contributed by atoms with van der Waals surface area (Å²) in [6.07, 6.45) is 2.31. The molecule has 1 aromatic heterocycles. The van der Waals surface area contributed by atoms with Gasteiger partial charge in [0.2, 0.25) is 5.91 Å². The van der Waals surface area contributed by atoms with Crippen LogP contribution in [0.3, 0.4) is 0 Å². The first kappa shape index (κ1) is 12.1. The van der Waals surface area contributed by atoms with Crippen LogP contribution in [0.25, 0.3) is 0 Å². The van der Waals surface area contributed by atoms with Crippen LogP contribution in [0.2, 0.25) is 0 Å². The minimum absolute atomic E-state index is 0.0562. The average Bonchev–Trinajstić information content (AvgIpc) is 3.05. The first-order valence-corrected chi connectivity index (χ1v) is 7.17. The van der Waals surface area contributed by atoms with Crippen LogP contribution in [0.5, 0.6) is 0 Å². The van der Waals surface area contributed by atoms with Crippen LogP contribution in [0.4, 0.5) is 0 Å². The predicted molar refractivity (Wildman–Crippen MR) is 77.5 cm³/mol. The van der Waals surface area contributed by atoms with Crippen molar-refractivity contribution in [2.75, 3.05) is 0 Å². The van der Waals surface area contributed by atoms with Crippen molar-refractivity contribution in [3.8, 4) is 0 Å². The number of hydrogen-bond acceptors (Lipinski definition) is 3. The number of hydrazone groups is 1. The lowest BCUT2D eigenvalue weighted by Crippen LogP contribution is -2.21. The molecule has 2 aromatic rings. The molecule has 0 aliphatic heterocycles. The predicted octanol–water partition coefficient (Wildman–Crippen LogP) is 2.76. The number of thiophene rings is 1. The first-order chi connectivity index (χ1) is 9.33. The summed E-state index contributed by atoms with van der Waals surface area (Å²) in [5, 5.41) is 6.24. The Labute approximate surface area is 116 Å². The number of rotatable bonds is 3. The minimum atomic E-state index is -0.0562. The molecule has 1 amide bonds. The van der Waals surface area contributed by atoms with Crippen molar-refractivity contribution in [3.05, 3.63) is 57.8 Å². The Morgan fingerprint density at radius 3 is 2.95 bits per heavy atom. The van der Waals surface area contributed by atoms with Gasteiger partial charge in [0, 0.05) is 10.4 Å². The normalized spacial score (nSPS) is 15.5. The summed E-state index contributed by atoms with van der Waals surface area (Å²) in [6, 6.07) is 12.1. The Morgan fingerprint density at radius 1 is 1.21 bits per heavy atom. The van der Waals surface area contributed by atoms with Gasteiger partial charge in [-0.25, -0.2) is 5.43 Å². The molecule has 0 spiro atoms. The smallest absolute Gasteiger partial charge is 0.245 e. The maximum atomic E-state index is 11.8. The molecule has 0 radical (unpaired) electrons. The van der Waals surface area contributed by atoms with Crippen molar-refractivity contribution in [1.29, 1.82) is 0 Å². The molecular weight excluding hydrogens is 256 g/mol. The molecule has 0 saturated carbocycles. The monoisotopic (exact) mass is 270 g/mol. The maximum Gasteiger partial charge on any atom is 0.245 e. The highest BCUT2D eigenvalue weighted by atomic mass is 32.1. The Morgan fingerprint density at radius 2 is 2.11 bits per heavy atom. The second kappa shape index (κ2) is 5.36. The van der Waals surface area contributed by atoms with Crippen LogP contribution >= 0.6 is 11.3 Å². The fourth-order valence-corrected chi connectivity index (χ4v) is 2.97. The molecule has 1 N–H and O–H groups in total. The number of amides is 1. The van der Waals surface area contributed by atoms with E-state index in [-0.39, 0.29) is 5.91 Å². The van der Waals surface area contributed by atoms with E-state index < -0.39 is 0 Å². The van der Waals surface area contributed by atoms with E-state index in [9.17, 15) is 4.79 Å². The van der Waals surface area contributed by atoms with E-state index in [0.717, 1.165) is 23.4 Å². The van der Waals surface area contributed by atoms with Crippen molar-refractivity contribution in [2.45, 2.75) is 19.3 Å². The summed E-state index contributed by atoms with van der Waals surface area (Å²) in [4.78, 5) is 12.8. The molecule has 1 aromatic carbocycles. The number of fused-ring (bicyclic) bond motifs is 1. The molecule has 0 fully saturated rings. The van der Waals surface area contributed by atoms with Crippen LogP contribution < -0.4 is 5.43 Å². The lowest BCUT2D eigenvalue weighted by Gasteiger charge is -2.01. The molecule has 1 heterocycles. The third-order valence-electron chi connectivity index (χ3n) is 3.19. The van der Waals surface area contributed by atoms with E-state index in [1.807, 2.05) is 29.6 Å². The quantitative estimate of drug-likeness (QED) is 0.856. The molecule has 96 valence electrons. The summed E-state index contributed by atoms with van der Waals surface area (Å²) in [7, 11) is 0. The molecule has 3 rings (SSSR count). The topological polar surface area (TPSA) is 41.5 Å². The van der Waals surface area contributed by atoms with E-state index in [4.69, 9.17) is 0 Å². The summed E-state index contributed by atoms with van der Waals surface area (Å²) < 4.78 is 0. The van der Waals surface area contributed by atoms with E-state index in [1.165, 1.54) is 11.1 Å². The van der Waals surface area contributed by atoms with Crippen LogP contribution in [-0.4, -0.2) is 11.6 Å². The maximum absolute atomic E-state index is 11.8. The molecule has 0 saturated heterocycles. The van der Waals surface area contributed by atoms with Crippen molar-refractivity contribution in [2.24, 2.45) is 5.10 Å². The van der Waals surface area contributed by atoms with Gasteiger partial charge >= 0.3 is 0 Å². The van der Waals surface area contributed by atoms with Gasteiger partial charge in [-0.3, -0.25) is 4.79 Å². The van der Waals surface area contributed by atoms with Gasteiger partial charge in [0.25, 0.3) is 0 Å². The molecular formula is C15H14N2OS. The van der Waals surface area contributed by atoms with Gasteiger partial charge in [0.15, 0.2) is 0 Å². The van der Waals surface area contributed by atoms with Crippen molar-refractivity contribution >= 4 is 23.0 Å². The highest BCUT2D eigenvalue weighted by Gasteiger charge is 2.17. The second-order valence-electron chi connectivity index (χ2n) is 4.51. The highest BCUT2D eigenvalue weighted by molar-refractivity contribution is 7.10. The number of hydrogen-bond donors (Lipinski definition) is 1. The second-order valence-corrected chi connectivity index (χ2v) is 5.54. The van der Waals surface area contributed by atoms with Gasteiger partial charge < -0.3 is 0 Å². The summed E-state index contributed by atoms with van der Waals surface area (Å²) in [5.41, 5.74) is 6.12. The van der Waals surface area contributed by atoms with E-state index in [0.29, 0.717) is 6.42 Å². The lowest BCUT2D eigenvalue weighted by atomic mass is 10.1. The molecule has 0 unspecified atom stereocenters. The third-order valence-corrected chi connectivity index (χ3v) is 4.07. The fraction of sp³-hybridized carbons (Fsp3) is 0.200. The van der Waals surface area contributed by atoms with Crippen LogP contribution in [0, 0.1) is 0 Å². The molecule has 0 atom stereocenters. The van der Waals surface area contributed by atoms with Gasteiger partial charge in [0.1, 0.15) is 0 Å². The SMILES string of the molecule is O=C(Cc1cccs1)NN=C1CCc2ccccc21. The average molecular weight is 270 g/mol. The number of aryl methyl sites for hydroxylation is 1. The fourth-order valence-electron chi connectivity index (χ4n) is 2.26. The van der Waals surface area contributed by atoms with Gasteiger partial charge in [0.05, 0.1) is 12.1 Å². The van der Waals surface area contributed by atoms with Gasteiger partial charge in [-0.15, -0.1) is 11.3 Å². The van der Waals surface area contributed by atoms with E-state index in [2.05, 4.69) is 22.7 Å². The zero-order valence-corrected chi connectivity index (χ0v) is 11.2. The zero-order chi connectivity index (χ0) is 13.1. The molecule has 3 nitrogen and oxygen atoms in total. The molecule has 19 heavy (non-hydrogen) atoms. The summed E-state index contributed by atoms with van der Waals surface area (Å²) in [6.45, 7) is 0. The molecule has 1 aliphatic carbocycles. The molecule has 4 heteroatoms. The van der Waals surface area contributed by atoms with E-state index in [1.54, 1.807) is 11.3 Å². The van der Waals surface area contributed by atoms with Gasteiger partial charge in [-0.1, -0.05) is 30.3 Å². The van der Waals surface area contributed by atoms with Crippen LogP contribution in [-0.2, 0) is 17.6 Å². The van der Waals surface area contributed by atoms with E-state index >= 15 is 0 Å². The number of carbonyl (C=O) groups excluding carboxylic acids is 1. The van der Waals surface area contributed by atoms with Crippen LogP contribution in [0.15, 0.2) is 46.9 Å². The van der Waals surface area contributed by atoms with Crippen molar-refractivity contribution < 1.29 is 4.79 Å². The number of nitrogens with one attached hydrogen (secondary N) is 1. The summed E-state index contributed by atoms with van der Waals surface area (Å²) in [5.74, 6) is -0.0562. The molecule has 0 bridgehead atoms. The van der Waals surface area contributed by atoms with Gasteiger partial charge in [-0.2, -0.15) is 5.10 Å². The largest absolute Gasteiger partial charge is 0.273 e. The Bertz CT molecular complexity index is 617. The highest BCUT2D eigenvalue weighted by Crippen LogP contribution is 2.21. The minimum Gasteiger partial charge on any atom is -0.273 e. The van der Waals surface area contributed by atoms with Crippen LogP contribution in [0.1, 0.15) is 22.4 Å².